The van der Waals surface area contributed by atoms with Gasteiger partial charge in [-0.25, -0.2) is 21.5 Å². The second-order valence-corrected chi connectivity index (χ2v) is 11.3. The van der Waals surface area contributed by atoms with Crippen LogP contribution in [0.5, 0.6) is 0 Å². The fourth-order valence-electron chi connectivity index (χ4n) is 3.74. The second kappa shape index (κ2) is 16.3. The molecule has 2 aromatic carbocycles. The minimum absolute atomic E-state index is 0. The average Bonchev–Trinajstić information content (AvgIpc) is 3.42. The van der Waals surface area contributed by atoms with Gasteiger partial charge in [0.2, 0.25) is 5.91 Å². The second-order valence-electron chi connectivity index (χ2n) is 8.57. The smallest absolute Gasteiger partial charge is 0.744 e. The third kappa shape index (κ3) is 9.57. The first-order valence-corrected chi connectivity index (χ1v) is 14.6. The number of hydrogen-bond donors (Lipinski definition) is 2. The van der Waals surface area contributed by atoms with Gasteiger partial charge in [0.15, 0.2) is 12.2 Å². The van der Waals surface area contributed by atoms with Gasteiger partial charge >= 0.3 is 103 Å². The number of methoxy groups -OCH3 is 1. The molecule has 4 rings (SSSR count). The van der Waals surface area contributed by atoms with Crippen molar-refractivity contribution in [2.75, 3.05) is 17.4 Å². The molecule has 224 valence electrons. The van der Waals surface area contributed by atoms with Crippen molar-refractivity contribution in [2.24, 2.45) is 10.1 Å². The minimum Gasteiger partial charge on any atom is -0.744 e. The summed E-state index contributed by atoms with van der Waals surface area (Å²) in [5.74, 6) is -1.33. The van der Waals surface area contributed by atoms with Crippen molar-refractivity contribution in [3.8, 4) is 5.69 Å². The molecule has 1 aromatic heterocycles. The molecule has 2 heterocycles. The fourth-order valence-corrected chi connectivity index (χ4v) is 4.68. The summed E-state index contributed by atoms with van der Waals surface area (Å²) in [5.41, 5.74) is -0.496. The van der Waals surface area contributed by atoms with Crippen LogP contribution in [-0.2, 0) is 34.6 Å². The topological polar surface area (TPSA) is 236 Å². The molecule has 45 heavy (non-hydrogen) atoms. The van der Waals surface area contributed by atoms with E-state index in [9.17, 15) is 40.3 Å². The van der Waals surface area contributed by atoms with Crippen LogP contribution in [-0.4, -0.2) is 66.9 Å². The summed E-state index contributed by atoms with van der Waals surface area (Å²) < 4.78 is 73.2. The number of allylic oxidation sites excluding steroid dienone is 2. The predicted octanol–water partition coefficient (Wildman–Crippen LogP) is -5.09. The summed E-state index contributed by atoms with van der Waals surface area (Å²) in [6, 6.07) is 8.95. The van der Waals surface area contributed by atoms with Gasteiger partial charge in [-0.3, -0.25) is 19.5 Å². The first kappa shape index (κ1) is 39.3. The van der Waals surface area contributed by atoms with Crippen LogP contribution in [0.3, 0.4) is 0 Å². The summed E-state index contributed by atoms with van der Waals surface area (Å²) in [6.07, 6.45) is 4.90. The zero-order chi connectivity index (χ0) is 31.5. The maximum absolute atomic E-state index is 13.2. The quantitative estimate of drug-likeness (QED) is 0.0743. The largest absolute Gasteiger partial charge is 1.00 e. The minimum atomic E-state index is -4.71. The molecule has 3 aromatic rings. The molecule has 0 aliphatic carbocycles. The summed E-state index contributed by atoms with van der Waals surface area (Å²) in [5, 5.41) is 10.2. The molecule has 0 bridgehead atoms. The number of anilines is 2. The molecule has 0 saturated carbocycles. The zero-order valence-electron chi connectivity index (χ0n) is 24.1. The van der Waals surface area contributed by atoms with E-state index in [1.807, 2.05) is 0 Å². The van der Waals surface area contributed by atoms with Crippen LogP contribution in [0.4, 0.5) is 11.5 Å². The standard InChI is InChI=1S/C25H22N6O10S2.2K/c1-15(32)27-23-21(25(34)31(29-23)17-8-12-19(13-9-17)43(38,39)40)5-3-4-20-22(26-14-41-2)28-30(24(20)33)16-6-10-18(11-7-16)42(35,36)37;;/h3-14,29H,1-2H3,(H,27,32)(H,35,36,37)(H,38,39,40);;/q;2*+1/p-2/b5-3?,20-4-,26-14?;;. The Hall–Kier alpha value is -1.90. The molecular formula is C25H20K2N6O10S2. The van der Waals surface area contributed by atoms with E-state index in [1.54, 1.807) is 0 Å². The maximum atomic E-state index is 13.2. The molecule has 16 nitrogen and oxygen atoms in total. The van der Waals surface area contributed by atoms with Crippen LogP contribution >= 0.6 is 0 Å². The number of H-pyrrole nitrogens is 1. The third-order valence-electron chi connectivity index (χ3n) is 5.65. The van der Waals surface area contributed by atoms with Gasteiger partial charge in [0, 0.05) is 6.92 Å². The number of hydrazone groups is 1. The summed E-state index contributed by atoms with van der Waals surface area (Å²) in [4.78, 5) is 41.1. The van der Waals surface area contributed by atoms with Gasteiger partial charge in [-0.2, -0.15) is 10.0 Å². The van der Waals surface area contributed by atoms with E-state index >= 15 is 0 Å². The molecule has 0 saturated heterocycles. The summed E-state index contributed by atoms with van der Waals surface area (Å²) in [7, 11) is -8.11. The Morgan fingerprint density at radius 2 is 1.49 bits per heavy atom. The molecule has 20 heteroatoms. The summed E-state index contributed by atoms with van der Waals surface area (Å²) >= 11 is 0. The first-order valence-electron chi connectivity index (χ1n) is 11.8. The van der Waals surface area contributed by atoms with E-state index in [0.29, 0.717) is 0 Å². The molecule has 0 fully saturated rings. The Morgan fingerprint density at radius 3 is 1.98 bits per heavy atom. The van der Waals surface area contributed by atoms with Crippen molar-refractivity contribution in [3.05, 3.63) is 82.2 Å². The molecule has 0 spiro atoms. The van der Waals surface area contributed by atoms with Crippen molar-refractivity contribution in [1.29, 1.82) is 0 Å². The van der Waals surface area contributed by atoms with Gasteiger partial charge in [-0.1, -0.05) is 6.08 Å². The molecule has 0 atom stereocenters. The SMILES string of the molecule is COC=NC1=NN(c2ccc(S(=O)(=O)[O-])cc2)C(=O)/C1=C\C=Cc1c(NC(C)=O)[nH]n(-c2ccc(S(=O)(=O)[O-])cc2)c1=O.[K+].[K+]. The van der Waals surface area contributed by atoms with Crippen LogP contribution in [0.25, 0.3) is 11.8 Å². The number of benzene rings is 2. The van der Waals surface area contributed by atoms with Crippen molar-refractivity contribution in [1.82, 2.24) is 9.78 Å². The van der Waals surface area contributed by atoms with E-state index in [-0.39, 0.29) is 137 Å². The average molecular weight is 707 g/mol. The summed E-state index contributed by atoms with van der Waals surface area (Å²) in [6.45, 7) is 1.21. The van der Waals surface area contributed by atoms with Gasteiger partial charge in [0.05, 0.1) is 39.4 Å². The third-order valence-corrected chi connectivity index (χ3v) is 7.34. The first-order chi connectivity index (χ1) is 20.2. The predicted molar refractivity (Wildman–Crippen MR) is 151 cm³/mol. The van der Waals surface area contributed by atoms with E-state index in [0.717, 1.165) is 40.4 Å². The van der Waals surface area contributed by atoms with Gasteiger partial charge in [0.25, 0.3) is 11.5 Å². The van der Waals surface area contributed by atoms with E-state index in [2.05, 4.69) is 20.5 Å². The fraction of sp³-hybridized carbons (Fsp3) is 0.0800. The van der Waals surface area contributed by atoms with Crippen LogP contribution in [0.1, 0.15) is 12.5 Å². The van der Waals surface area contributed by atoms with Gasteiger partial charge in [-0.15, -0.1) is 5.10 Å². The van der Waals surface area contributed by atoms with Gasteiger partial charge < -0.3 is 19.2 Å². The number of amides is 2. The van der Waals surface area contributed by atoms with Crippen molar-refractivity contribution in [2.45, 2.75) is 16.7 Å². The van der Waals surface area contributed by atoms with Crippen LogP contribution in [0.2, 0.25) is 0 Å². The number of carbonyl (C=O) groups excluding carboxylic acids is 2. The molecule has 2 N–H and O–H groups in total. The normalized spacial score (nSPS) is 14.4. The van der Waals surface area contributed by atoms with Crippen molar-refractivity contribution >= 4 is 61.9 Å². The Bertz CT molecular complexity index is 2000. The monoisotopic (exact) mass is 706 g/mol. The van der Waals surface area contributed by atoms with Crippen LogP contribution in [0.15, 0.2) is 90.9 Å². The molecule has 2 amide bonds. The number of amidine groups is 1. The number of ether oxygens (including phenoxy) is 1. The number of aromatic amines is 1. The van der Waals surface area contributed by atoms with Crippen LogP contribution < -0.4 is 119 Å². The Balaban J connectivity index is 0.00000353. The number of carbonyl (C=O) groups is 2. The number of nitrogens with one attached hydrogen (secondary N) is 2. The number of aromatic nitrogens is 2. The Kier molecular flexibility index (Phi) is 14.2. The number of hydrogen-bond acceptors (Lipinski definition) is 12. The maximum Gasteiger partial charge on any atom is 1.00 e. The molecule has 0 unspecified atom stereocenters. The van der Waals surface area contributed by atoms with E-state index in [4.69, 9.17) is 4.74 Å². The van der Waals surface area contributed by atoms with Gasteiger partial charge in [0.1, 0.15) is 26.1 Å². The molecular weight excluding hydrogens is 687 g/mol. The van der Waals surface area contributed by atoms with Crippen molar-refractivity contribution < 1.29 is 143 Å². The number of aliphatic imine (C=N–C) groups is 1. The Morgan fingerprint density at radius 1 is 0.956 bits per heavy atom. The van der Waals surface area contributed by atoms with Gasteiger partial charge in [-0.05, 0) is 60.7 Å². The van der Waals surface area contributed by atoms with Crippen LogP contribution in [0, 0.1) is 0 Å². The number of rotatable bonds is 8. The zero-order valence-corrected chi connectivity index (χ0v) is 32.0. The Labute approximate surface area is 341 Å². The number of nitrogens with zero attached hydrogens (tertiary/aromatic N) is 4. The molecule has 0 radical (unpaired) electrons. The molecule has 1 aliphatic heterocycles. The molecule has 1 aliphatic rings. The van der Waals surface area contributed by atoms with Crippen molar-refractivity contribution in [3.63, 3.8) is 0 Å². The van der Waals surface area contributed by atoms with E-state index < -0.39 is 47.4 Å². The van der Waals surface area contributed by atoms with E-state index in [1.165, 1.54) is 56.5 Å².